The molecule has 5 heteroatoms. The Labute approximate surface area is 114 Å². The number of hydrogen-bond acceptors (Lipinski definition) is 3. The van der Waals surface area contributed by atoms with Gasteiger partial charge in [-0.25, -0.2) is 4.39 Å². The summed E-state index contributed by atoms with van der Waals surface area (Å²) >= 11 is 1.12. The van der Waals surface area contributed by atoms with Crippen LogP contribution in [0.15, 0.2) is 30.3 Å². The molecule has 0 unspecified atom stereocenters. The first-order valence-corrected chi connectivity index (χ1v) is 6.47. The van der Waals surface area contributed by atoms with Gasteiger partial charge in [-0.05, 0) is 43.7 Å². The summed E-state index contributed by atoms with van der Waals surface area (Å²) in [5.41, 5.74) is 1.21. The summed E-state index contributed by atoms with van der Waals surface area (Å²) in [4.78, 5) is 24.1. The number of aryl methyl sites for hydroxylation is 1. The second kappa shape index (κ2) is 5.32. The van der Waals surface area contributed by atoms with E-state index in [4.69, 9.17) is 0 Å². The predicted octanol–water partition coefficient (Wildman–Crippen LogP) is 3.65. The third kappa shape index (κ3) is 3.06. The molecule has 3 nitrogen and oxygen atoms in total. The zero-order valence-electron chi connectivity index (χ0n) is 10.5. The van der Waals surface area contributed by atoms with E-state index >= 15 is 0 Å². The number of benzene rings is 1. The van der Waals surface area contributed by atoms with Gasteiger partial charge in [0.2, 0.25) is 0 Å². The van der Waals surface area contributed by atoms with Crippen LogP contribution in [-0.4, -0.2) is 11.7 Å². The molecular formula is C14H12FNO2S. The first kappa shape index (κ1) is 13.4. The molecule has 0 fully saturated rings. The number of hydrogen-bond donors (Lipinski definition) is 1. The van der Waals surface area contributed by atoms with Crippen molar-refractivity contribution in [2.45, 2.75) is 13.8 Å². The van der Waals surface area contributed by atoms with Gasteiger partial charge in [0.15, 0.2) is 5.78 Å². The minimum Gasteiger partial charge on any atom is -0.321 e. The summed E-state index contributed by atoms with van der Waals surface area (Å²) in [6, 6.07) is 7.41. The van der Waals surface area contributed by atoms with Crippen LogP contribution in [0.3, 0.4) is 0 Å². The number of Topliss-reactive ketones (excluding diaryl/α,β-unsaturated/α-hetero) is 1. The minimum absolute atomic E-state index is 0.0778. The van der Waals surface area contributed by atoms with Crippen molar-refractivity contribution in [3.8, 4) is 0 Å². The number of thiophene rings is 1. The highest BCUT2D eigenvalue weighted by Crippen LogP contribution is 2.21. The van der Waals surface area contributed by atoms with Crippen molar-refractivity contribution in [1.82, 2.24) is 0 Å². The number of rotatable bonds is 3. The van der Waals surface area contributed by atoms with Crippen LogP contribution in [0.2, 0.25) is 0 Å². The second-order valence-corrected chi connectivity index (χ2v) is 5.22. The van der Waals surface area contributed by atoms with E-state index in [-0.39, 0.29) is 11.7 Å². The molecule has 0 radical (unpaired) electrons. The Hall–Kier alpha value is -2.01. The van der Waals surface area contributed by atoms with Crippen LogP contribution in [0.4, 0.5) is 10.1 Å². The Morgan fingerprint density at radius 3 is 2.47 bits per heavy atom. The summed E-state index contributed by atoms with van der Waals surface area (Å²) in [5, 5.41) is 2.64. The van der Waals surface area contributed by atoms with Gasteiger partial charge in [-0.2, -0.15) is 0 Å². The van der Waals surface area contributed by atoms with E-state index in [0.29, 0.717) is 15.4 Å². The highest BCUT2D eigenvalue weighted by molar-refractivity contribution is 7.16. The molecule has 1 amide bonds. The van der Waals surface area contributed by atoms with Gasteiger partial charge in [0.1, 0.15) is 5.82 Å². The highest BCUT2D eigenvalue weighted by Gasteiger charge is 2.12. The number of halogens is 1. The zero-order chi connectivity index (χ0) is 14.0. The van der Waals surface area contributed by atoms with Gasteiger partial charge in [-0.1, -0.05) is 6.07 Å². The molecule has 0 spiro atoms. The lowest BCUT2D eigenvalue weighted by Gasteiger charge is -2.07. The summed E-state index contributed by atoms with van der Waals surface area (Å²) in [5.74, 6) is -0.825. The van der Waals surface area contributed by atoms with E-state index in [1.165, 1.54) is 19.1 Å². The van der Waals surface area contributed by atoms with E-state index in [9.17, 15) is 14.0 Å². The molecule has 0 aliphatic rings. The maximum absolute atomic E-state index is 13.1. The van der Waals surface area contributed by atoms with Crippen molar-refractivity contribution >= 4 is 28.7 Å². The summed E-state index contributed by atoms with van der Waals surface area (Å²) in [7, 11) is 0. The van der Waals surface area contributed by atoms with Crippen LogP contribution in [-0.2, 0) is 0 Å². The van der Waals surface area contributed by atoms with E-state index in [2.05, 4.69) is 5.32 Å². The molecule has 1 aromatic carbocycles. The fourth-order valence-electron chi connectivity index (χ4n) is 1.56. The first-order chi connectivity index (χ1) is 8.97. The molecule has 0 saturated heterocycles. The SMILES string of the molecule is CC(=O)c1ccc(C(=O)Nc2cc(F)ccc2C)s1. The zero-order valence-corrected chi connectivity index (χ0v) is 11.3. The average Bonchev–Trinajstić information content (AvgIpc) is 2.83. The first-order valence-electron chi connectivity index (χ1n) is 5.65. The van der Waals surface area contributed by atoms with Crippen molar-refractivity contribution in [2.75, 3.05) is 5.32 Å². The number of carbonyl (C=O) groups is 2. The molecule has 1 heterocycles. The normalized spacial score (nSPS) is 10.3. The monoisotopic (exact) mass is 277 g/mol. The van der Waals surface area contributed by atoms with Gasteiger partial charge in [0.05, 0.1) is 9.75 Å². The number of anilines is 1. The molecule has 0 bridgehead atoms. The predicted molar refractivity (Wildman–Crippen MR) is 73.4 cm³/mol. The third-order valence-corrected chi connectivity index (χ3v) is 3.81. The summed E-state index contributed by atoms with van der Waals surface area (Å²) < 4.78 is 13.1. The van der Waals surface area contributed by atoms with Crippen LogP contribution in [0.25, 0.3) is 0 Å². The molecule has 19 heavy (non-hydrogen) atoms. The highest BCUT2D eigenvalue weighted by atomic mass is 32.1. The molecule has 1 N–H and O–H groups in total. The smallest absolute Gasteiger partial charge is 0.265 e. The van der Waals surface area contributed by atoms with Gasteiger partial charge >= 0.3 is 0 Å². The van der Waals surface area contributed by atoms with E-state index < -0.39 is 5.82 Å². The number of ketones is 1. The Kier molecular flexibility index (Phi) is 3.76. The Morgan fingerprint density at radius 1 is 1.16 bits per heavy atom. The van der Waals surface area contributed by atoms with Gasteiger partial charge in [-0.15, -0.1) is 11.3 Å². The van der Waals surface area contributed by atoms with Crippen molar-refractivity contribution in [3.05, 3.63) is 51.5 Å². The Morgan fingerprint density at radius 2 is 1.84 bits per heavy atom. The van der Waals surface area contributed by atoms with Crippen molar-refractivity contribution in [1.29, 1.82) is 0 Å². The molecule has 0 aliphatic heterocycles. The number of amides is 1. The standard InChI is InChI=1S/C14H12FNO2S/c1-8-3-4-10(15)7-11(8)16-14(18)13-6-5-12(19-13)9(2)17/h3-7H,1-2H3,(H,16,18). The van der Waals surface area contributed by atoms with Crippen molar-refractivity contribution < 1.29 is 14.0 Å². The molecule has 0 aliphatic carbocycles. The average molecular weight is 277 g/mol. The van der Waals surface area contributed by atoms with Gasteiger partial charge in [-0.3, -0.25) is 9.59 Å². The van der Waals surface area contributed by atoms with E-state index in [1.54, 1.807) is 25.1 Å². The van der Waals surface area contributed by atoms with E-state index in [1.807, 2.05) is 0 Å². The second-order valence-electron chi connectivity index (χ2n) is 4.13. The van der Waals surface area contributed by atoms with Crippen LogP contribution in [0.1, 0.15) is 31.8 Å². The number of carbonyl (C=O) groups excluding carboxylic acids is 2. The van der Waals surface area contributed by atoms with Crippen LogP contribution in [0.5, 0.6) is 0 Å². The fraction of sp³-hybridized carbons (Fsp3) is 0.143. The lowest BCUT2D eigenvalue weighted by molar-refractivity contribution is 0.101. The lowest BCUT2D eigenvalue weighted by atomic mass is 10.2. The largest absolute Gasteiger partial charge is 0.321 e. The maximum Gasteiger partial charge on any atom is 0.265 e. The van der Waals surface area contributed by atoms with Gasteiger partial charge < -0.3 is 5.32 Å². The maximum atomic E-state index is 13.1. The Bertz CT molecular complexity index is 649. The van der Waals surface area contributed by atoms with Crippen LogP contribution in [0, 0.1) is 12.7 Å². The topological polar surface area (TPSA) is 46.2 Å². The summed E-state index contributed by atoms with van der Waals surface area (Å²) in [6.07, 6.45) is 0. The van der Waals surface area contributed by atoms with Gasteiger partial charge in [0, 0.05) is 5.69 Å². The lowest BCUT2D eigenvalue weighted by Crippen LogP contribution is -2.11. The molecule has 2 rings (SSSR count). The van der Waals surface area contributed by atoms with Gasteiger partial charge in [0.25, 0.3) is 5.91 Å². The molecule has 2 aromatic rings. The minimum atomic E-state index is -0.406. The molecular weight excluding hydrogens is 265 g/mol. The molecule has 0 atom stereocenters. The van der Waals surface area contributed by atoms with Crippen LogP contribution >= 0.6 is 11.3 Å². The third-order valence-electron chi connectivity index (χ3n) is 2.62. The van der Waals surface area contributed by atoms with E-state index in [0.717, 1.165) is 16.9 Å². The summed E-state index contributed by atoms with van der Waals surface area (Å²) in [6.45, 7) is 3.23. The fourth-order valence-corrected chi connectivity index (χ4v) is 2.36. The molecule has 1 aromatic heterocycles. The quantitative estimate of drug-likeness (QED) is 0.870. The molecule has 0 saturated carbocycles. The van der Waals surface area contributed by atoms with Crippen LogP contribution < -0.4 is 5.32 Å². The number of nitrogens with one attached hydrogen (secondary N) is 1. The van der Waals surface area contributed by atoms with Crippen molar-refractivity contribution in [2.24, 2.45) is 0 Å². The molecule has 98 valence electrons. The Balaban J connectivity index is 2.20. The van der Waals surface area contributed by atoms with Crippen molar-refractivity contribution in [3.63, 3.8) is 0 Å².